The summed E-state index contributed by atoms with van der Waals surface area (Å²) in [6.45, 7) is 1.34. The van der Waals surface area contributed by atoms with E-state index in [2.05, 4.69) is 5.32 Å². The van der Waals surface area contributed by atoms with Gasteiger partial charge in [0.25, 0.3) is 5.91 Å². The van der Waals surface area contributed by atoms with E-state index in [4.69, 9.17) is 5.11 Å². The van der Waals surface area contributed by atoms with Crippen molar-refractivity contribution in [2.24, 2.45) is 0 Å². The number of rotatable bonds is 6. The predicted molar refractivity (Wildman–Crippen MR) is 92.8 cm³/mol. The normalized spacial score (nSPS) is 17.2. The van der Waals surface area contributed by atoms with E-state index < -0.39 is 27.9 Å². The van der Waals surface area contributed by atoms with Crippen molar-refractivity contribution >= 4 is 21.9 Å². The van der Waals surface area contributed by atoms with Crippen LogP contribution < -0.4 is 5.32 Å². The number of carboxylic acid groups (broad SMARTS) is 1. The Morgan fingerprint density at radius 2 is 1.88 bits per heavy atom. The maximum Gasteiger partial charge on any atom is 0.325 e. The van der Waals surface area contributed by atoms with Gasteiger partial charge in [0.05, 0.1) is 4.90 Å². The molecule has 0 heterocycles. The van der Waals surface area contributed by atoms with Gasteiger partial charge in [0.15, 0.2) is 0 Å². The van der Waals surface area contributed by atoms with Crippen molar-refractivity contribution in [2.75, 3.05) is 7.05 Å². The first-order chi connectivity index (χ1) is 11.7. The van der Waals surface area contributed by atoms with Crippen molar-refractivity contribution in [3.05, 3.63) is 29.8 Å². The maximum absolute atomic E-state index is 12.8. The molecule has 0 bridgehead atoms. The predicted octanol–water partition coefficient (Wildman–Crippen LogP) is 1.84. The van der Waals surface area contributed by atoms with E-state index in [9.17, 15) is 18.0 Å². The molecule has 1 aliphatic carbocycles. The first-order valence-corrected chi connectivity index (χ1v) is 9.79. The molecule has 0 saturated heterocycles. The lowest BCUT2D eigenvalue weighted by atomic mass is 9.96. The van der Waals surface area contributed by atoms with Crippen LogP contribution in [-0.4, -0.2) is 48.8 Å². The lowest BCUT2D eigenvalue weighted by Crippen LogP contribution is -2.39. The van der Waals surface area contributed by atoms with Gasteiger partial charge in [0, 0.05) is 18.7 Å². The van der Waals surface area contributed by atoms with Crippen molar-refractivity contribution in [1.82, 2.24) is 9.62 Å². The molecular formula is C17H24N2O5S. The first kappa shape index (κ1) is 19.4. The second kappa shape index (κ2) is 7.97. The lowest BCUT2D eigenvalue weighted by molar-refractivity contribution is -0.138. The topological polar surface area (TPSA) is 104 Å². The van der Waals surface area contributed by atoms with Gasteiger partial charge in [-0.25, -0.2) is 8.42 Å². The van der Waals surface area contributed by atoms with Crippen LogP contribution in [0.3, 0.4) is 0 Å². The van der Waals surface area contributed by atoms with Crippen molar-refractivity contribution < 1.29 is 23.1 Å². The summed E-state index contributed by atoms with van der Waals surface area (Å²) in [5, 5.41) is 11.2. The zero-order valence-electron chi connectivity index (χ0n) is 14.4. The summed E-state index contributed by atoms with van der Waals surface area (Å²) in [4.78, 5) is 23.0. The SMILES string of the molecule is CC(NC(=O)c1cccc(S(=O)(=O)N(C)C2CCCCC2)c1)C(=O)O. The molecule has 0 spiro atoms. The number of benzene rings is 1. The minimum Gasteiger partial charge on any atom is -0.480 e. The molecule has 0 aliphatic heterocycles. The monoisotopic (exact) mass is 368 g/mol. The second-order valence-electron chi connectivity index (χ2n) is 6.37. The molecular weight excluding hydrogens is 344 g/mol. The Morgan fingerprint density at radius 1 is 1.24 bits per heavy atom. The Labute approximate surface area is 148 Å². The molecule has 0 aromatic heterocycles. The smallest absolute Gasteiger partial charge is 0.325 e. The van der Waals surface area contributed by atoms with Gasteiger partial charge in [-0.05, 0) is 38.0 Å². The third-order valence-corrected chi connectivity index (χ3v) is 6.49. The van der Waals surface area contributed by atoms with Crippen LogP contribution in [0, 0.1) is 0 Å². The summed E-state index contributed by atoms with van der Waals surface area (Å²) >= 11 is 0. The molecule has 1 aromatic rings. The Balaban J connectivity index is 2.21. The summed E-state index contributed by atoms with van der Waals surface area (Å²) in [5.41, 5.74) is 0.117. The molecule has 1 saturated carbocycles. The minimum absolute atomic E-state index is 0.0248. The fourth-order valence-electron chi connectivity index (χ4n) is 2.95. The van der Waals surface area contributed by atoms with E-state index in [1.54, 1.807) is 7.05 Å². The molecule has 1 unspecified atom stereocenters. The van der Waals surface area contributed by atoms with Gasteiger partial charge < -0.3 is 10.4 Å². The molecule has 1 amide bonds. The maximum atomic E-state index is 12.8. The molecule has 138 valence electrons. The molecule has 25 heavy (non-hydrogen) atoms. The van der Waals surface area contributed by atoms with Gasteiger partial charge >= 0.3 is 5.97 Å². The largest absolute Gasteiger partial charge is 0.480 e. The van der Waals surface area contributed by atoms with E-state index >= 15 is 0 Å². The van der Waals surface area contributed by atoms with Gasteiger partial charge in [-0.1, -0.05) is 25.3 Å². The molecule has 0 radical (unpaired) electrons. The standard InChI is InChI=1S/C17H24N2O5S/c1-12(17(21)22)18-16(20)13-7-6-10-15(11-13)25(23,24)19(2)14-8-4-3-5-9-14/h6-7,10-12,14H,3-5,8-9H2,1-2H3,(H,18,20)(H,21,22). The van der Waals surface area contributed by atoms with Crippen molar-refractivity contribution in [3.8, 4) is 0 Å². The Hall–Kier alpha value is -1.93. The minimum atomic E-state index is -3.70. The van der Waals surface area contributed by atoms with Gasteiger partial charge in [-0.3, -0.25) is 9.59 Å². The van der Waals surface area contributed by atoms with E-state index in [-0.39, 0.29) is 16.5 Å². The average Bonchev–Trinajstić information content (AvgIpc) is 2.61. The van der Waals surface area contributed by atoms with Gasteiger partial charge in [0.2, 0.25) is 10.0 Å². The molecule has 1 aromatic carbocycles. The number of carboxylic acids is 1. The number of carbonyl (C=O) groups excluding carboxylic acids is 1. The third-order valence-electron chi connectivity index (χ3n) is 4.58. The number of nitrogens with one attached hydrogen (secondary N) is 1. The van der Waals surface area contributed by atoms with Crippen molar-refractivity contribution in [2.45, 2.75) is 56.0 Å². The molecule has 7 nitrogen and oxygen atoms in total. The number of hydrogen-bond acceptors (Lipinski definition) is 4. The van der Waals surface area contributed by atoms with E-state index in [1.807, 2.05) is 0 Å². The Bertz CT molecular complexity index is 741. The van der Waals surface area contributed by atoms with Crippen molar-refractivity contribution in [3.63, 3.8) is 0 Å². The fourth-order valence-corrected chi connectivity index (χ4v) is 4.41. The second-order valence-corrected chi connectivity index (χ2v) is 8.37. The number of aliphatic carboxylic acids is 1. The van der Waals surface area contributed by atoms with Gasteiger partial charge in [-0.15, -0.1) is 0 Å². The number of hydrogen-bond donors (Lipinski definition) is 2. The molecule has 1 aliphatic rings. The Morgan fingerprint density at radius 3 is 2.48 bits per heavy atom. The van der Waals surface area contributed by atoms with Crippen LogP contribution in [0.2, 0.25) is 0 Å². The first-order valence-electron chi connectivity index (χ1n) is 8.35. The summed E-state index contributed by atoms with van der Waals surface area (Å²) < 4.78 is 27.1. The third kappa shape index (κ3) is 4.58. The number of nitrogens with zero attached hydrogens (tertiary/aromatic N) is 1. The summed E-state index contributed by atoms with van der Waals surface area (Å²) in [7, 11) is -2.13. The van der Waals surface area contributed by atoms with Gasteiger partial charge in [0.1, 0.15) is 6.04 Å². The highest BCUT2D eigenvalue weighted by Gasteiger charge is 2.29. The fraction of sp³-hybridized carbons (Fsp3) is 0.529. The zero-order valence-corrected chi connectivity index (χ0v) is 15.3. The van der Waals surface area contributed by atoms with Crippen molar-refractivity contribution in [1.29, 1.82) is 0 Å². The highest BCUT2D eigenvalue weighted by atomic mass is 32.2. The lowest BCUT2D eigenvalue weighted by Gasteiger charge is -2.30. The van der Waals surface area contributed by atoms with E-state index in [1.165, 1.54) is 35.5 Å². The van der Waals surface area contributed by atoms with E-state index in [0.29, 0.717) is 0 Å². The zero-order chi connectivity index (χ0) is 18.6. The summed E-state index contributed by atoms with van der Waals surface area (Å²) in [5.74, 6) is -1.78. The van der Waals surface area contributed by atoms with E-state index in [0.717, 1.165) is 32.1 Å². The van der Waals surface area contributed by atoms with Gasteiger partial charge in [-0.2, -0.15) is 4.31 Å². The highest BCUT2D eigenvalue weighted by molar-refractivity contribution is 7.89. The van der Waals surface area contributed by atoms with Crippen LogP contribution in [0.4, 0.5) is 0 Å². The summed E-state index contributed by atoms with van der Waals surface area (Å²) in [6.07, 6.45) is 4.83. The Kier molecular flexibility index (Phi) is 6.18. The molecule has 2 rings (SSSR count). The van der Waals surface area contributed by atoms with Crippen LogP contribution in [-0.2, 0) is 14.8 Å². The quantitative estimate of drug-likeness (QED) is 0.797. The number of sulfonamides is 1. The van der Waals surface area contributed by atoms with Crippen LogP contribution in [0.1, 0.15) is 49.4 Å². The van der Waals surface area contributed by atoms with Crippen LogP contribution in [0.15, 0.2) is 29.2 Å². The number of amides is 1. The van der Waals surface area contributed by atoms with Crippen LogP contribution >= 0.6 is 0 Å². The number of carbonyl (C=O) groups is 2. The molecule has 1 atom stereocenters. The molecule has 1 fully saturated rings. The van der Waals surface area contributed by atoms with Crippen LogP contribution in [0.5, 0.6) is 0 Å². The molecule has 8 heteroatoms. The summed E-state index contributed by atoms with van der Waals surface area (Å²) in [6, 6.07) is 4.61. The van der Waals surface area contributed by atoms with Crippen LogP contribution in [0.25, 0.3) is 0 Å². The highest BCUT2D eigenvalue weighted by Crippen LogP contribution is 2.26. The molecule has 2 N–H and O–H groups in total. The average molecular weight is 368 g/mol.